The minimum Gasteiger partial charge on any atom is -0.480 e. The molecule has 0 amide bonds. The van der Waals surface area contributed by atoms with Crippen molar-refractivity contribution in [2.24, 2.45) is 0 Å². The number of aliphatic carboxylic acids is 1. The predicted molar refractivity (Wildman–Crippen MR) is 76.8 cm³/mol. The number of carboxylic acid groups (broad SMARTS) is 1. The fraction of sp³-hybridized carbons (Fsp3) is 0.750. The lowest BCUT2D eigenvalue weighted by molar-refractivity contribution is -0.146. The SMILES string of the molecule is CCNC1(C(=O)O)CCCC(Sc2nnc(C)s2)C1. The minimum atomic E-state index is -0.760. The van der Waals surface area contributed by atoms with E-state index in [0.29, 0.717) is 24.6 Å². The standard InChI is InChI=1S/C12H19N3O2S2/c1-3-13-12(10(16)17)6-4-5-9(7-12)19-11-15-14-8(2)18-11/h9,13H,3-7H2,1-2H3,(H,16,17). The number of rotatable bonds is 5. The molecule has 1 aliphatic carbocycles. The van der Waals surface area contributed by atoms with Crippen LogP contribution < -0.4 is 5.32 Å². The molecule has 1 heterocycles. The van der Waals surface area contributed by atoms with Crippen molar-refractivity contribution in [2.75, 3.05) is 6.54 Å². The Hall–Kier alpha value is -0.660. The van der Waals surface area contributed by atoms with Gasteiger partial charge in [0, 0.05) is 5.25 Å². The summed E-state index contributed by atoms with van der Waals surface area (Å²) in [6, 6.07) is 0. The van der Waals surface area contributed by atoms with Gasteiger partial charge in [0.2, 0.25) is 0 Å². The van der Waals surface area contributed by atoms with Crippen LogP contribution in [0.2, 0.25) is 0 Å². The third-order valence-electron chi connectivity index (χ3n) is 3.41. The Morgan fingerprint density at radius 2 is 2.42 bits per heavy atom. The van der Waals surface area contributed by atoms with E-state index in [1.807, 2.05) is 13.8 Å². The second kappa shape index (κ2) is 6.19. The summed E-state index contributed by atoms with van der Waals surface area (Å²) in [7, 11) is 0. The first-order chi connectivity index (χ1) is 9.05. The fourth-order valence-corrected chi connectivity index (χ4v) is 4.97. The van der Waals surface area contributed by atoms with E-state index in [9.17, 15) is 9.90 Å². The second-order valence-electron chi connectivity index (χ2n) is 4.84. The lowest BCUT2D eigenvalue weighted by atomic mass is 9.81. The lowest BCUT2D eigenvalue weighted by Crippen LogP contribution is -2.55. The average molecular weight is 301 g/mol. The molecule has 0 spiro atoms. The van der Waals surface area contributed by atoms with Crippen LogP contribution in [0.1, 0.15) is 37.6 Å². The molecule has 2 rings (SSSR count). The Morgan fingerprint density at radius 3 is 3.00 bits per heavy atom. The average Bonchev–Trinajstić information content (AvgIpc) is 2.75. The summed E-state index contributed by atoms with van der Waals surface area (Å²) in [5.74, 6) is -0.729. The maximum Gasteiger partial charge on any atom is 0.323 e. The van der Waals surface area contributed by atoms with E-state index >= 15 is 0 Å². The van der Waals surface area contributed by atoms with Crippen LogP contribution in [-0.2, 0) is 4.79 Å². The minimum absolute atomic E-state index is 0.302. The van der Waals surface area contributed by atoms with E-state index in [4.69, 9.17) is 0 Å². The molecule has 7 heteroatoms. The topological polar surface area (TPSA) is 75.1 Å². The molecule has 2 N–H and O–H groups in total. The molecule has 106 valence electrons. The normalized spacial score (nSPS) is 27.4. The molecule has 0 radical (unpaired) electrons. The monoisotopic (exact) mass is 301 g/mol. The third-order valence-corrected chi connectivity index (χ3v) is 5.60. The van der Waals surface area contributed by atoms with Gasteiger partial charge in [0.25, 0.3) is 0 Å². The van der Waals surface area contributed by atoms with Crippen molar-refractivity contribution in [3.8, 4) is 0 Å². The first-order valence-electron chi connectivity index (χ1n) is 6.51. The molecule has 2 unspecified atom stereocenters. The smallest absolute Gasteiger partial charge is 0.323 e. The number of aromatic nitrogens is 2. The maximum absolute atomic E-state index is 11.6. The van der Waals surface area contributed by atoms with Gasteiger partial charge in [-0.05, 0) is 39.2 Å². The summed E-state index contributed by atoms with van der Waals surface area (Å²) >= 11 is 3.25. The van der Waals surface area contributed by atoms with Crippen LogP contribution in [0.3, 0.4) is 0 Å². The van der Waals surface area contributed by atoms with Gasteiger partial charge < -0.3 is 10.4 Å². The number of carbonyl (C=O) groups is 1. The molecule has 1 fully saturated rings. The number of carboxylic acids is 1. The van der Waals surface area contributed by atoms with Crippen molar-refractivity contribution in [1.82, 2.24) is 15.5 Å². The van der Waals surface area contributed by atoms with E-state index in [0.717, 1.165) is 22.2 Å². The highest BCUT2D eigenvalue weighted by atomic mass is 32.2. The Bertz CT molecular complexity index is 448. The number of hydrogen-bond donors (Lipinski definition) is 2. The first-order valence-corrected chi connectivity index (χ1v) is 8.20. The van der Waals surface area contributed by atoms with E-state index in [1.54, 1.807) is 23.1 Å². The van der Waals surface area contributed by atoms with Crippen molar-refractivity contribution in [2.45, 2.75) is 54.7 Å². The number of thioether (sulfide) groups is 1. The van der Waals surface area contributed by atoms with Gasteiger partial charge >= 0.3 is 5.97 Å². The van der Waals surface area contributed by atoms with E-state index in [-0.39, 0.29) is 0 Å². The summed E-state index contributed by atoms with van der Waals surface area (Å²) < 4.78 is 0.945. The van der Waals surface area contributed by atoms with Crippen LogP contribution in [0.15, 0.2) is 4.34 Å². The number of nitrogens with zero attached hydrogens (tertiary/aromatic N) is 2. The molecule has 19 heavy (non-hydrogen) atoms. The van der Waals surface area contributed by atoms with Crippen LogP contribution in [0.25, 0.3) is 0 Å². The number of likely N-dealkylation sites (N-methyl/N-ethyl adjacent to an activating group) is 1. The van der Waals surface area contributed by atoms with Crippen LogP contribution in [0, 0.1) is 6.92 Å². The van der Waals surface area contributed by atoms with Crippen molar-refractivity contribution in [3.63, 3.8) is 0 Å². The van der Waals surface area contributed by atoms with Crippen LogP contribution >= 0.6 is 23.1 Å². The van der Waals surface area contributed by atoms with Crippen molar-refractivity contribution >= 4 is 29.1 Å². The molecule has 1 aliphatic rings. The third kappa shape index (κ3) is 3.46. The summed E-state index contributed by atoms with van der Waals surface area (Å²) in [6.07, 6.45) is 3.35. The fourth-order valence-electron chi connectivity index (χ4n) is 2.56. The molecule has 0 aromatic carbocycles. The first kappa shape index (κ1) is 14.7. The lowest BCUT2D eigenvalue weighted by Gasteiger charge is -2.37. The summed E-state index contributed by atoms with van der Waals surface area (Å²) in [6.45, 7) is 4.57. The molecule has 1 aromatic heterocycles. The highest BCUT2D eigenvalue weighted by Gasteiger charge is 2.42. The summed E-state index contributed by atoms with van der Waals surface area (Å²) in [5, 5.41) is 22.1. The maximum atomic E-state index is 11.6. The van der Waals surface area contributed by atoms with Gasteiger partial charge in [-0.2, -0.15) is 0 Å². The zero-order valence-electron chi connectivity index (χ0n) is 11.2. The van der Waals surface area contributed by atoms with Gasteiger partial charge in [-0.3, -0.25) is 4.79 Å². The molecular weight excluding hydrogens is 282 g/mol. The van der Waals surface area contributed by atoms with Crippen molar-refractivity contribution in [1.29, 1.82) is 0 Å². The zero-order valence-corrected chi connectivity index (χ0v) is 12.8. The van der Waals surface area contributed by atoms with Gasteiger partial charge in [-0.25, -0.2) is 0 Å². The Morgan fingerprint density at radius 1 is 1.63 bits per heavy atom. The van der Waals surface area contributed by atoms with Crippen molar-refractivity contribution < 1.29 is 9.90 Å². The second-order valence-corrected chi connectivity index (χ2v) is 7.57. The molecule has 0 bridgehead atoms. The molecule has 1 saturated carbocycles. The van der Waals surface area contributed by atoms with Gasteiger partial charge in [-0.15, -0.1) is 10.2 Å². The summed E-state index contributed by atoms with van der Waals surface area (Å²) in [4.78, 5) is 11.6. The molecule has 0 aliphatic heterocycles. The summed E-state index contributed by atoms with van der Waals surface area (Å²) in [5.41, 5.74) is -0.760. The highest BCUT2D eigenvalue weighted by Crippen LogP contribution is 2.39. The molecule has 0 saturated heterocycles. The quantitative estimate of drug-likeness (QED) is 0.869. The van der Waals surface area contributed by atoms with Crippen LogP contribution in [0.4, 0.5) is 0 Å². The Labute approximate surface area is 121 Å². The zero-order chi connectivity index (χ0) is 13.9. The number of aryl methyl sites for hydroxylation is 1. The highest BCUT2D eigenvalue weighted by molar-refractivity contribution is 8.01. The Balaban J connectivity index is 2.05. The largest absolute Gasteiger partial charge is 0.480 e. The van der Waals surface area contributed by atoms with Gasteiger partial charge in [0.15, 0.2) is 4.34 Å². The van der Waals surface area contributed by atoms with E-state index in [1.165, 1.54) is 0 Å². The molecule has 1 aromatic rings. The van der Waals surface area contributed by atoms with Gasteiger partial charge in [0.1, 0.15) is 10.5 Å². The van der Waals surface area contributed by atoms with Gasteiger partial charge in [0.05, 0.1) is 0 Å². The van der Waals surface area contributed by atoms with E-state index < -0.39 is 11.5 Å². The van der Waals surface area contributed by atoms with Crippen molar-refractivity contribution in [3.05, 3.63) is 5.01 Å². The Kier molecular flexibility index (Phi) is 4.81. The molecule has 5 nitrogen and oxygen atoms in total. The number of hydrogen-bond acceptors (Lipinski definition) is 6. The molecule has 2 atom stereocenters. The predicted octanol–water partition coefficient (Wildman–Crippen LogP) is 2.31. The molecular formula is C12H19N3O2S2. The van der Waals surface area contributed by atoms with Crippen LogP contribution in [0.5, 0.6) is 0 Å². The van der Waals surface area contributed by atoms with Crippen LogP contribution in [-0.4, -0.2) is 38.6 Å². The van der Waals surface area contributed by atoms with E-state index in [2.05, 4.69) is 15.5 Å². The van der Waals surface area contributed by atoms with Gasteiger partial charge in [-0.1, -0.05) is 30.0 Å². The number of nitrogens with one attached hydrogen (secondary N) is 1.